The zero-order valence-electron chi connectivity index (χ0n) is 11.5. The Morgan fingerprint density at radius 1 is 1.33 bits per heavy atom. The van der Waals surface area contributed by atoms with Gasteiger partial charge in [0.15, 0.2) is 0 Å². The van der Waals surface area contributed by atoms with Crippen LogP contribution in [0.3, 0.4) is 0 Å². The number of rotatable bonds is 6. The maximum Gasteiger partial charge on any atom is 0.251 e. The van der Waals surface area contributed by atoms with E-state index in [0.717, 1.165) is 17.8 Å². The zero-order valence-corrected chi connectivity index (χ0v) is 12.3. The summed E-state index contributed by atoms with van der Waals surface area (Å²) in [6.45, 7) is 2.49. The van der Waals surface area contributed by atoms with Gasteiger partial charge in [0.1, 0.15) is 17.3 Å². The van der Waals surface area contributed by atoms with Crippen LogP contribution in [-0.2, 0) is 6.42 Å². The van der Waals surface area contributed by atoms with Crippen molar-refractivity contribution in [2.45, 2.75) is 13.3 Å². The Kier molecular flexibility index (Phi) is 5.21. The van der Waals surface area contributed by atoms with Gasteiger partial charge in [-0.1, -0.05) is 0 Å². The summed E-state index contributed by atoms with van der Waals surface area (Å²) in [6.07, 6.45) is 0.579. The summed E-state index contributed by atoms with van der Waals surface area (Å²) < 4.78 is 27.4. The molecule has 21 heavy (non-hydrogen) atoms. The average Bonchev–Trinajstić information content (AvgIpc) is 2.95. The lowest BCUT2D eigenvalue weighted by molar-refractivity contribution is 0.0953. The highest BCUT2D eigenvalue weighted by atomic mass is 32.1. The van der Waals surface area contributed by atoms with Crippen LogP contribution in [-0.4, -0.2) is 24.0 Å². The predicted molar refractivity (Wildman–Crippen MR) is 78.7 cm³/mol. The van der Waals surface area contributed by atoms with E-state index in [-0.39, 0.29) is 11.3 Å². The van der Waals surface area contributed by atoms with Crippen molar-refractivity contribution in [3.8, 4) is 0 Å². The molecular formula is C14H15F2N3OS. The number of aromatic nitrogens is 1. The van der Waals surface area contributed by atoms with Crippen molar-refractivity contribution in [2.75, 3.05) is 18.4 Å². The maximum absolute atomic E-state index is 13.7. The van der Waals surface area contributed by atoms with E-state index in [1.807, 2.05) is 5.38 Å². The van der Waals surface area contributed by atoms with Crippen molar-refractivity contribution >= 4 is 22.9 Å². The van der Waals surface area contributed by atoms with E-state index in [4.69, 9.17) is 0 Å². The van der Waals surface area contributed by atoms with Crippen LogP contribution in [0.5, 0.6) is 0 Å². The first kappa shape index (κ1) is 15.4. The number of carbonyl (C=O) groups is 1. The van der Waals surface area contributed by atoms with Crippen LogP contribution in [0.4, 0.5) is 14.5 Å². The molecule has 4 nitrogen and oxygen atoms in total. The third-order valence-electron chi connectivity index (χ3n) is 2.81. The van der Waals surface area contributed by atoms with E-state index < -0.39 is 17.5 Å². The van der Waals surface area contributed by atoms with E-state index in [0.29, 0.717) is 19.5 Å². The van der Waals surface area contributed by atoms with Gasteiger partial charge < -0.3 is 10.6 Å². The Morgan fingerprint density at radius 2 is 2.05 bits per heavy atom. The lowest BCUT2D eigenvalue weighted by Crippen LogP contribution is -2.26. The molecule has 0 aliphatic rings. The summed E-state index contributed by atoms with van der Waals surface area (Å²) in [4.78, 5) is 15.9. The molecule has 1 aromatic heterocycles. The quantitative estimate of drug-likeness (QED) is 0.862. The van der Waals surface area contributed by atoms with Gasteiger partial charge in [-0.25, -0.2) is 13.8 Å². The van der Waals surface area contributed by atoms with Crippen molar-refractivity contribution in [3.63, 3.8) is 0 Å². The maximum atomic E-state index is 13.7. The van der Waals surface area contributed by atoms with Gasteiger partial charge in [-0.3, -0.25) is 4.79 Å². The van der Waals surface area contributed by atoms with Gasteiger partial charge in [-0.2, -0.15) is 0 Å². The van der Waals surface area contributed by atoms with Crippen molar-refractivity contribution in [2.24, 2.45) is 0 Å². The molecule has 2 rings (SSSR count). The van der Waals surface area contributed by atoms with E-state index in [1.165, 1.54) is 11.3 Å². The minimum absolute atomic E-state index is 0.0371. The second kappa shape index (κ2) is 7.12. The van der Waals surface area contributed by atoms with Crippen molar-refractivity contribution in [1.29, 1.82) is 0 Å². The summed E-state index contributed by atoms with van der Waals surface area (Å²) in [5.41, 5.74) is 2.34. The van der Waals surface area contributed by atoms with Crippen LogP contribution in [0.1, 0.15) is 23.0 Å². The van der Waals surface area contributed by atoms with Crippen molar-refractivity contribution in [3.05, 3.63) is 45.9 Å². The van der Waals surface area contributed by atoms with Gasteiger partial charge in [0.25, 0.3) is 5.91 Å². The molecule has 0 spiro atoms. The second-order valence-corrected chi connectivity index (χ2v) is 5.05. The van der Waals surface area contributed by atoms with Crippen LogP contribution in [0.2, 0.25) is 0 Å². The highest BCUT2D eigenvalue weighted by molar-refractivity contribution is 7.07. The number of amides is 1. The smallest absolute Gasteiger partial charge is 0.251 e. The molecule has 1 amide bonds. The lowest BCUT2D eigenvalue weighted by atomic mass is 10.1. The molecule has 0 saturated carbocycles. The molecule has 0 radical (unpaired) electrons. The van der Waals surface area contributed by atoms with E-state index in [1.54, 1.807) is 12.4 Å². The average molecular weight is 311 g/mol. The number of thiazole rings is 1. The number of halogens is 2. The summed E-state index contributed by atoms with van der Waals surface area (Å²) in [7, 11) is 0. The van der Waals surface area contributed by atoms with Crippen LogP contribution in [0, 0.1) is 11.6 Å². The number of nitrogens with one attached hydrogen (secondary N) is 2. The van der Waals surface area contributed by atoms with Crippen molar-refractivity contribution in [1.82, 2.24) is 10.3 Å². The molecule has 2 aromatic rings. The molecule has 2 N–H and O–H groups in total. The van der Waals surface area contributed by atoms with E-state index >= 15 is 0 Å². The third kappa shape index (κ3) is 3.98. The number of hydrogen-bond acceptors (Lipinski definition) is 4. The number of nitrogens with zero attached hydrogens (tertiary/aromatic N) is 1. The molecule has 0 atom stereocenters. The van der Waals surface area contributed by atoms with Gasteiger partial charge >= 0.3 is 0 Å². The number of carbonyl (C=O) groups excluding carboxylic acids is 1. The minimum atomic E-state index is -0.776. The molecule has 7 heteroatoms. The van der Waals surface area contributed by atoms with E-state index in [2.05, 4.69) is 15.6 Å². The summed E-state index contributed by atoms with van der Waals surface area (Å²) in [5.74, 6) is -2.06. The summed E-state index contributed by atoms with van der Waals surface area (Å²) in [6, 6.07) is 2.05. The Labute approximate surface area is 125 Å². The Bertz CT molecular complexity index is 594. The first-order valence-corrected chi connectivity index (χ1v) is 7.44. The molecule has 0 aliphatic carbocycles. The predicted octanol–water partition coefficient (Wildman–Crippen LogP) is 2.83. The minimum Gasteiger partial charge on any atom is -0.381 e. The van der Waals surface area contributed by atoms with Crippen molar-refractivity contribution < 1.29 is 13.6 Å². The molecule has 112 valence electrons. The molecular weight excluding hydrogens is 296 g/mol. The number of benzene rings is 1. The van der Waals surface area contributed by atoms with Crippen LogP contribution in [0.15, 0.2) is 23.0 Å². The van der Waals surface area contributed by atoms with Gasteiger partial charge in [0.05, 0.1) is 11.2 Å². The van der Waals surface area contributed by atoms with Crippen LogP contribution < -0.4 is 10.6 Å². The fourth-order valence-electron chi connectivity index (χ4n) is 1.82. The van der Waals surface area contributed by atoms with Crippen LogP contribution in [0.25, 0.3) is 0 Å². The SMILES string of the molecule is CCNc1c(F)cc(C(=O)NCCc2cscn2)cc1F. The largest absolute Gasteiger partial charge is 0.381 e. The Morgan fingerprint density at radius 3 is 2.62 bits per heavy atom. The molecule has 0 fully saturated rings. The molecule has 0 saturated heterocycles. The topological polar surface area (TPSA) is 54.0 Å². The molecule has 0 bridgehead atoms. The Balaban J connectivity index is 1.99. The Hall–Kier alpha value is -2.02. The number of anilines is 1. The molecule has 1 aromatic carbocycles. The zero-order chi connectivity index (χ0) is 15.2. The molecule has 0 aliphatic heterocycles. The highest BCUT2D eigenvalue weighted by Gasteiger charge is 2.14. The molecule has 0 unspecified atom stereocenters. The first-order valence-electron chi connectivity index (χ1n) is 6.50. The first-order chi connectivity index (χ1) is 10.1. The van der Waals surface area contributed by atoms with Gasteiger partial charge in [0.2, 0.25) is 0 Å². The molecule has 1 heterocycles. The van der Waals surface area contributed by atoms with Crippen LogP contribution >= 0.6 is 11.3 Å². The van der Waals surface area contributed by atoms with Gasteiger partial charge in [0, 0.05) is 30.5 Å². The number of hydrogen-bond donors (Lipinski definition) is 2. The lowest BCUT2D eigenvalue weighted by Gasteiger charge is -2.09. The van der Waals surface area contributed by atoms with E-state index in [9.17, 15) is 13.6 Å². The fraction of sp³-hybridized carbons (Fsp3) is 0.286. The normalized spacial score (nSPS) is 10.4. The van der Waals surface area contributed by atoms with Gasteiger partial charge in [-0.15, -0.1) is 11.3 Å². The van der Waals surface area contributed by atoms with Gasteiger partial charge in [-0.05, 0) is 19.1 Å². The second-order valence-electron chi connectivity index (χ2n) is 4.33. The standard InChI is InChI=1S/C14H15F2N3OS/c1-2-17-13-11(15)5-9(6-12(13)16)14(20)18-4-3-10-7-21-8-19-10/h5-8,17H,2-4H2,1H3,(H,18,20). The highest BCUT2D eigenvalue weighted by Crippen LogP contribution is 2.20. The third-order valence-corrected chi connectivity index (χ3v) is 3.44. The fourth-order valence-corrected chi connectivity index (χ4v) is 2.41. The summed E-state index contributed by atoms with van der Waals surface area (Å²) >= 11 is 1.47. The monoisotopic (exact) mass is 311 g/mol. The summed E-state index contributed by atoms with van der Waals surface area (Å²) in [5, 5.41) is 7.08.